The lowest BCUT2D eigenvalue weighted by Crippen LogP contribution is -2.37. The van der Waals surface area contributed by atoms with Crippen LogP contribution in [0.2, 0.25) is 0 Å². The van der Waals surface area contributed by atoms with Crippen LogP contribution in [-0.4, -0.2) is 44.9 Å². The van der Waals surface area contributed by atoms with E-state index in [1.165, 1.54) is 10.6 Å². The van der Waals surface area contributed by atoms with E-state index in [1.54, 1.807) is 40.8 Å². The van der Waals surface area contributed by atoms with Crippen molar-refractivity contribution < 1.29 is 9.53 Å². The highest BCUT2D eigenvalue weighted by atomic mass is 32.1. The molecule has 0 N–H and O–H groups in total. The Morgan fingerprint density at radius 2 is 2.32 bits per heavy atom. The van der Waals surface area contributed by atoms with Gasteiger partial charge in [0.05, 0.1) is 30.1 Å². The van der Waals surface area contributed by atoms with Crippen molar-refractivity contribution >= 4 is 22.4 Å². The fraction of sp³-hybridized carbons (Fsp3) is 0.400. The minimum absolute atomic E-state index is 0.0514. The summed E-state index contributed by atoms with van der Waals surface area (Å²) in [7, 11) is 1.97. The molecule has 8 heteroatoms. The van der Waals surface area contributed by atoms with Gasteiger partial charge >= 0.3 is 0 Å². The van der Waals surface area contributed by atoms with Crippen LogP contribution < -0.4 is 4.90 Å². The van der Waals surface area contributed by atoms with Gasteiger partial charge in [0.1, 0.15) is 0 Å². The van der Waals surface area contributed by atoms with Crippen molar-refractivity contribution in [3.63, 3.8) is 0 Å². The van der Waals surface area contributed by atoms with Gasteiger partial charge in [-0.05, 0) is 37.8 Å². The van der Waals surface area contributed by atoms with Crippen molar-refractivity contribution in [1.29, 1.82) is 0 Å². The van der Waals surface area contributed by atoms with Crippen LogP contribution in [0.15, 0.2) is 30.7 Å². The zero-order valence-electron chi connectivity index (χ0n) is 15.7. The third-order valence-corrected chi connectivity index (χ3v) is 6.52. The normalized spacial score (nSPS) is 18.0. The number of carbonyl (C=O) groups excluding carboxylic acids is 1. The SMILES string of the molecule is Cn1ncc2c1CCc1sc(N(C[C@H]3CCCO3)C(=O)c3cccnc3)nc1-2. The molecule has 0 aromatic carbocycles. The van der Waals surface area contributed by atoms with Crippen molar-refractivity contribution in [2.24, 2.45) is 7.05 Å². The van der Waals surface area contributed by atoms with Gasteiger partial charge in [0.15, 0.2) is 5.13 Å². The number of amides is 1. The zero-order valence-corrected chi connectivity index (χ0v) is 16.5. The van der Waals surface area contributed by atoms with E-state index in [2.05, 4.69) is 10.1 Å². The molecule has 3 aromatic heterocycles. The minimum Gasteiger partial charge on any atom is -0.376 e. The predicted octanol–water partition coefficient (Wildman–Crippen LogP) is 2.86. The monoisotopic (exact) mass is 395 g/mol. The maximum atomic E-state index is 13.3. The lowest BCUT2D eigenvalue weighted by molar-refractivity contribution is 0.0917. The average Bonchev–Trinajstić information content (AvgIpc) is 3.46. The molecule has 0 bridgehead atoms. The Morgan fingerprint density at radius 3 is 3.11 bits per heavy atom. The number of aryl methyl sites for hydroxylation is 2. The number of ether oxygens (including phenoxy) is 1. The molecule has 1 saturated heterocycles. The summed E-state index contributed by atoms with van der Waals surface area (Å²) in [5, 5.41) is 5.12. The fourth-order valence-electron chi connectivity index (χ4n) is 3.91. The smallest absolute Gasteiger partial charge is 0.261 e. The van der Waals surface area contributed by atoms with E-state index in [0.29, 0.717) is 12.1 Å². The third kappa shape index (κ3) is 3.02. The quantitative estimate of drug-likeness (QED) is 0.679. The van der Waals surface area contributed by atoms with Crippen LogP contribution in [0.25, 0.3) is 11.3 Å². The number of nitrogens with zero attached hydrogens (tertiary/aromatic N) is 5. The van der Waals surface area contributed by atoms with Crippen LogP contribution in [-0.2, 0) is 24.6 Å². The molecule has 1 aliphatic heterocycles. The van der Waals surface area contributed by atoms with Crippen molar-refractivity contribution in [3.8, 4) is 11.3 Å². The molecule has 144 valence electrons. The molecule has 7 nitrogen and oxygen atoms in total. The Hall–Kier alpha value is -2.58. The van der Waals surface area contributed by atoms with E-state index in [1.807, 2.05) is 17.9 Å². The van der Waals surface area contributed by atoms with Gasteiger partial charge in [0.2, 0.25) is 0 Å². The van der Waals surface area contributed by atoms with Gasteiger partial charge in [-0.3, -0.25) is 19.4 Å². The molecule has 1 fully saturated rings. The summed E-state index contributed by atoms with van der Waals surface area (Å²) in [4.78, 5) is 25.3. The number of anilines is 1. The van der Waals surface area contributed by atoms with Gasteiger partial charge in [-0.1, -0.05) is 0 Å². The van der Waals surface area contributed by atoms with Gasteiger partial charge in [-0.25, -0.2) is 4.98 Å². The average molecular weight is 395 g/mol. The molecule has 5 rings (SSSR count). The molecule has 28 heavy (non-hydrogen) atoms. The van der Waals surface area contributed by atoms with E-state index in [9.17, 15) is 4.79 Å². The van der Waals surface area contributed by atoms with E-state index < -0.39 is 0 Å². The van der Waals surface area contributed by atoms with Gasteiger partial charge in [0, 0.05) is 42.2 Å². The third-order valence-electron chi connectivity index (χ3n) is 5.39. The van der Waals surface area contributed by atoms with Crippen LogP contribution in [0.1, 0.15) is 33.8 Å². The van der Waals surface area contributed by atoms with Crippen molar-refractivity contribution in [2.75, 3.05) is 18.1 Å². The highest BCUT2D eigenvalue weighted by Crippen LogP contribution is 2.39. The standard InChI is InChI=1S/C20H21N5O2S/c1-24-16-6-7-17-18(15(16)11-22-24)23-20(28-17)25(12-14-5-3-9-27-14)19(26)13-4-2-8-21-10-13/h2,4,8,10-11,14H,3,5-7,9,12H2,1H3/t14-/m1/s1. The number of thiazole rings is 1. The Labute approximate surface area is 167 Å². The van der Waals surface area contributed by atoms with E-state index in [0.717, 1.165) is 48.7 Å². The number of aromatic nitrogens is 4. The first-order valence-corrected chi connectivity index (χ1v) is 10.4. The molecule has 0 saturated carbocycles. The Kier molecular flexibility index (Phi) is 4.44. The summed E-state index contributed by atoms with van der Waals surface area (Å²) in [6, 6.07) is 3.58. The number of fused-ring (bicyclic) bond motifs is 3. The van der Waals surface area contributed by atoms with Gasteiger partial charge in [-0.2, -0.15) is 5.10 Å². The Balaban J connectivity index is 1.53. The highest BCUT2D eigenvalue weighted by Gasteiger charge is 2.30. The topological polar surface area (TPSA) is 73.1 Å². The summed E-state index contributed by atoms with van der Waals surface area (Å²) in [5.41, 5.74) is 3.81. The van der Waals surface area contributed by atoms with Gasteiger partial charge in [-0.15, -0.1) is 11.3 Å². The second-order valence-corrected chi connectivity index (χ2v) is 8.25. The van der Waals surface area contributed by atoms with Crippen LogP contribution in [0.4, 0.5) is 5.13 Å². The van der Waals surface area contributed by atoms with Gasteiger partial charge < -0.3 is 4.74 Å². The first-order chi connectivity index (χ1) is 13.7. The number of rotatable bonds is 4. The van der Waals surface area contributed by atoms with Crippen LogP contribution in [0, 0.1) is 0 Å². The fourth-order valence-corrected chi connectivity index (χ4v) is 4.99. The largest absolute Gasteiger partial charge is 0.376 e. The van der Waals surface area contributed by atoms with Crippen LogP contribution >= 0.6 is 11.3 Å². The van der Waals surface area contributed by atoms with Crippen molar-refractivity contribution in [1.82, 2.24) is 19.7 Å². The van der Waals surface area contributed by atoms with Crippen molar-refractivity contribution in [2.45, 2.75) is 31.8 Å². The maximum Gasteiger partial charge on any atom is 0.261 e. The van der Waals surface area contributed by atoms with Gasteiger partial charge in [0.25, 0.3) is 5.91 Å². The number of hydrogen-bond acceptors (Lipinski definition) is 6. The lowest BCUT2D eigenvalue weighted by Gasteiger charge is -2.23. The lowest BCUT2D eigenvalue weighted by atomic mass is 10.0. The summed E-state index contributed by atoms with van der Waals surface area (Å²) >= 11 is 1.60. The molecule has 0 radical (unpaired) electrons. The molecule has 1 aliphatic carbocycles. The van der Waals surface area contributed by atoms with E-state index >= 15 is 0 Å². The second kappa shape index (κ2) is 7.10. The summed E-state index contributed by atoms with van der Waals surface area (Å²) in [6.07, 6.45) is 9.09. The molecular formula is C20H21N5O2S. The molecule has 0 unspecified atom stereocenters. The number of hydrogen-bond donors (Lipinski definition) is 0. The zero-order chi connectivity index (χ0) is 19.1. The molecule has 3 aromatic rings. The highest BCUT2D eigenvalue weighted by molar-refractivity contribution is 7.16. The second-order valence-electron chi connectivity index (χ2n) is 7.19. The van der Waals surface area contributed by atoms with E-state index in [-0.39, 0.29) is 12.0 Å². The van der Waals surface area contributed by atoms with E-state index in [4.69, 9.17) is 9.72 Å². The molecular weight excluding hydrogens is 374 g/mol. The molecule has 1 atom stereocenters. The molecule has 0 spiro atoms. The van der Waals surface area contributed by atoms with Crippen molar-refractivity contribution in [3.05, 3.63) is 46.9 Å². The summed E-state index contributed by atoms with van der Waals surface area (Å²) in [5.74, 6) is -0.0823. The molecule has 4 heterocycles. The Morgan fingerprint density at radius 1 is 1.39 bits per heavy atom. The number of pyridine rings is 1. The minimum atomic E-state index is -0.0823. The maximum absolute atomic E-state index is 13.3. The summed E-state index contributed by atoms with van der Waals surface area (Å²) < 4.78 is 7.73. The molecule has 2 aliphatic rings. The first kappa shape index (κ1) is 17.5. The Bertz CT molecular complexity index is 1010. The summed E-state index contributed by atoms with van der Waals surface area (Å²) in [6.45, 7) is 1.27. The van der Waals surface area contributed by atoms with Crippen LogP contribution in [0.5, 0.6) is 0 Å². The number of carbonyl (C=O) groups is 1. The van der Waals surface area contributed by atoms with Crippen LogP contribution in [0.3, 0.4) is 0 Å². The first-order valence-electron chi connectivity index (χ1n) is 9.55. The molecule has 1 amide bonds. The predicted molar refractivity (Wildman–Crippen MR) is 107 cm³/mol.